The van der Waals surface area contributed by atoms with Crippen molar-refractivity contribution in [2.24, 2.45) is 5.73 Å². The van der Waals surface area contributed by atoms with Crippen molar-refractivity contribution < 1.29 is 4.74 Å². The molecule has 0 aliphatic carbocycles. The summed E-state index contributed by atoms with van der Waals surface area (Å²) in [7, 11) is 1.65. The van der Waals surface area contributed by atoms with Crippen molar-refractivity contribution >= 4 is 5.82 Å². The second-order valence-corrected chi connectivity index (χ2v) is 4.95. The van der Waals surface area contributed by atoms with E-state index in [0.717, 1.165) is 23.4 Å². The van der Waals surface area contributed by atoms with Gasteiger partial charge in [0.2, 0.25) is 0 Å². The van der Waals surface area contributed by atoms with E-state index in [0.29, 0.717) is 25.5 Å². The molecule has 0 amide bonds. The lowest BCUT2D eigenvalue weighted by atomic mass is 9.97. The predicted octanol–water partition coefficient (Wildman–Crippen LogP) is 0.846. The molecular formula is C15H18N4O2. The van der Waals surface area contributed by atoms with Crippen LogP contribution in [0, 0.1) is 0 Å². The average molecular weight is 286 g/mol. The van der Waals surface area contributed by atoms with Gasteiger partial charge in [0.25, 0.3) is 0 Å². The van der Waals surface area contributed by atoms with E-state index < -0.39 is 0 Å². The molecule has 1 aliphatic rings. The average Bonchev–Trinajstić information content (AvgIpc) is 2.52. The molecule has 0 radical (unpaired) electrons. The molecule has 3 rings (SSSR count). The van der Waals surface area contributed by atoms with E-state index in [9.17, 15) is 4.79 Å². The Morgan fingerprint density at radius 3 is 3.05 bits per heavy atom. The minimum absolute atomic E-state index is 0.228. The van der Waals surface area contributed by atoms with Gasteiger partial charge in [0.05, 0.1) is 12.8 Å². The number of ether oxygens (including phenoxy) is 1. The highest BCUT2D eigenvalue weighted by Crippen LogP contribution is 2.31. The third-order valence-corrected chi connectivity index (χ3v) is 3.65. The van der Waals surface area contributed by atoms with Crippen molar-refractivity contribution in [1.82, 2.24) is 9.55 Å². The molecule has 1 aromatic heterocycles. The minimum atomic E-state index is -0.228. The zero-order chi connectivity index (χ0) is 14.8. The number of nitrogens with one attached hydrogen (secondary N) is 1. The smallest absolute Gasteiger partial charge is 0.349 e. The lowest BCUT2D eigenvalue weighted by Crippen LogP contribution is -2.29. The van der Waals surface area contributed by atoms with Crippen molar-refractivity contribution in [3.05, 3.63) is 40.3 Å². The van der Waals surface area contributed by atoms with Crippen molar-refractivity contribution in [3.63, 3.8) is 0 Å². The van der Waals surface area contributed by atoms with Gasteiger partial charge in [-0.25, -0.2) is 4.79 Å². The molecular weight excluding hydrogens is 268 g/mol. The highest BCUT2D eigenvalue weighted by atomic mass is 16.5. The van der Waals surface area contributed by atoms with Crippen LogP contribution >= 0.6 is 0 Å². The molecule has 2 heterocycles. The van der Waals surface area contributed by atoms with Crippen LogP contribution in [0.1, 0.15) is 5.56 Å². The lowest BCUT2D eigenvalue weighted by Gasteiger charge is -2.22. The van der Waals surface area contributed by atoms with E-state index in [1.165, 1.54) is 5.56 Å². The molecule has 6 heteroatoms. The lowest BCUT2D eigenvalue weighted by molar-refractivity contribution is 0.414. The van der Waals surface area contributed by atoms with E-state index in [1.54, 1.807) is 11.7 Å². The van der Waals surface area contributed by atoms with E-state index >= 15 is 0 Å². The number of nitrogens with zero attached hydrogens (tertiary/aromatic N) is 2. The summed E-state index contributed by atoms with van der Waals surface area (Å²) in [5.74, 6) is 1.40. The summed E-state index contributed by atoms with van der Waals surface area (Å²) in [4.78, 5) is 16.2. The van der Waals surface area contributed by atoms with Gasteiger partial charge >= 0.3 is 5.69 Å². The third-order valence-electron chi connectivity index (χ3n) is 3.65. The van der Waals surface area contributed by atoms with Crippen LogP contribution in [-0.2, 0) is 13.0 Å². The van der Waals surface area contributed by atoms with Crippen molar-refractivity contribution in [2.75, 3.05) is 25.5 Å². The van der Waals surface area contributed by atoms with Crippen LogP contribution in [0.25, 0.3) is 11.3 Å². The van der Waals surface area contributed by atoms with E-state index in [4.69, 9.17) is 10.5 Å². The molecule has 1 aliphatic heterocycles. The Kier molecular flexibility index (Phi) is 3.62. The zero-order valence-corrected chi connectivity index (χ0v) is 11.9. The predicted molar refractivity (Wildman–Crippen MR) is 81.7 cm³/mol. The number of nitrogens with two attached hydrogens (primary N) is 1. The maximum atomic E-state index is 12.1. The molecule has 1 aromatic carbocycles. The maximum absolute atomic E-state index is 12.1. The van der Waals surface area contributed by atoms with Crippen molar-refractivity contribution in [2.45, 2.75) is 13.0 Å². The first-order valence-corrected chi connectivity index (χ1v) is 6.96. The summed E-state index contributed by atoms with van der Waals surface area (Å²) in [6.07, 6.45) is 0.802. The number of methoxy groups -OCH3 is 1. The van der Waals surface area contributed by atoms with Crippen molar-refractivity contribution in [3.8, 4) is 17.0 Å². The van der Waals surface area contributed by atoms with Crippen LogP contribution in [0.4, 0.5) is 5.82 Å². The SMILES string of the molecule is COc1ccc2c(c1)CCn1c-2cc(NCCN)nc1=O. The number of rotatable bonds is 4. The second kappa shape index (κ2) is 5.57. The van der Waals surface area contributed by atoms with Crippen LogP contribution in [0.2, 0.25) is 0 Å². The van der Waals surface area contributed by atoms with Gasteiger partial charge in [-0.05, 0) is 30.2 Å². The largest absolute Gasteiger partial charge is 0.497 e. The minimum Gasteiger partial charge on any atom is -0.497 e. The third kappa shape index (κ3) is 2.50. The number of hydrogen-bond acceptors (Lipinski definition) is 5. The first-order chi connectivity index (χ1) is 10.2. The van der Waals surface area contributed by atoms with Gasteiger partial charge in [0.1, 0.15) is 11.6 Å². The molecule has 3 N–H and O–H groups in total. The van der Waals surface area contributed by atoms with Gasteiger partial charge in [0.15, 0.2) is 0 Å². The number of aromatic nitrogens is 2. The van der Waals surface area contributed by atoms with E-state index in [-0.39, 0.29) is 5.69 Å². The van der Waals surface area contributed by atoms with Crippen LogP contribution in [-0.4, -0.2) is 29.8 Å². The molecule has 0 spiro atoms. The molecule has 0 unspecified atom stereocenters. The quantitative estimate of drug-likeness (QED) is 0.870. The zero-order valence-electron chi connectivity index (χ0n) is 11.9. The van der Waals surface area contributed by atoms with Crippen LogP contribution < -0.4 is 21.5 Å². The summed E-state index contributed by atoms with van der Waals surface area (Å²) in [5, 5.41) is 3.06. The number of anilines is 1. The summed E-state index contributed by atoms with van der Waals surface area (Å²) >= 11 is 0. The Morgan fingerprint density at radius 1 is 1.43 bits per heavy atom. The Bertz CT molecular complexity index is 724. The highest BCUT2D eigenvalue weighted by molar-refractivity contribution is 5.69. The normalized spacial score (nSPS) is 12.5. The van der Waals surface area contributed by atoms with Gasteiger partial charge in [0, 0.05) is 31.3 Å². The topological polar surface area (TPSA) is 82.2 Å². The summed E-state index contributed by atoms with van der Waals surface area (Å²) in [6, 6.07) is 7.83. The maximum Gasteiger partial charge on any atom is 0.349 e. The van der Waals surface area contributed by atoms with Gasteiger partial charge < -0.3 is 15.8 Å². The van der Waals surface area contributed by atoms with Gasteiger partial charge in [-0.15, -0.1) is 0 Å². The molecule has 0 saturated heterocycles. The number of hydrogen-bond donors (Lipinski definition) is 2. The summed E-state index contributed by atoms with van der Waals surface area (Å²) in [5.41, 5.74) is 8.37. The molecule has 0 fully saturated rings. The molecule has 2 aromatic rings. The van der Waals surface area contributed by atoms with Gasteiger partial charge in [-0.1, -0.05) is 0 Å². The molecule has 0 atom stereocenters. The van der Waals surface area contributed by atoms with Gasteiger partial charge in [-0.2, -0.15) is 4.98 Å². The molecule has 0 bridgehead atoms. The fourth-order valence-electron chi connectivity index (χ4n) is 2.62. The Labute approximate surface area is 122 Å². The number of aryl methyl sites for hydroxylation is 1. The fraction of sp³-hybridized carbons (Fsp3) is 0.333. The van der Waals surface area contributed by atoms with Crippen LogP contribution in [0.3, 0.4) is 0 Å². The van der Waals surface area contributed by atoms with E-state index in [2.05, 4.69) is 10.3 Å². The van der Waals surface area contributed by atoms with E-state index in [1.807, 2.05) is 24.3 Å². The molecule has 6 nitrogen and oxygen atoms in total. The second-order valence-electron chi connectivity index (χ2n) is 4.95. The summed E-state index contributed by atoms with van der Waals surface area (Å²) in [6.45, 7) is 1.72. The number of fused-ring (bicyclic) bond motifs is 3. The Balaban J connectivity index is 2.09. The fourth-order valence-corrected chi connectivity index (χ4v) is 2.62. The molecule has 21 heavy (non-hydrogen) atoms. The Hall–Kier alpha value is -2.34. The summed E-state index contributed by atoms with van der Waals surface area (Å²) < 4.78 is 6.97. The first-order valence-electron chi connectivity index (χ1n) is 6.96. The van der Waals surface area contributed by atoms with Crippen LogP contribution in [0.5, 0.6) is 5.75 Å². The van der Waals surface area contributed by atoms with Gasteiger partial charge in [-0.3, -0.25) is 4.57 Å². The molecule has 0 saturated carbocycles. The standard InChI is InChI=1S/C15H18N4O2/c1-21-11-2-3-12-10(8-11)4-7-19-13(12)9-14(17-6-5-16)18-15(19)20/h2-3,8-9H,4-7,16H2,1H3,(H,17,18,20). The Morgan fingerprint density at radius 2 is 2.29 bits per heavy atom. The van der Waals surface area contributed by atoms with Crippen molar-refractivity contribution in [1.29, 1.82) is 0 Å². The van der Waals surface area contributed by atoms with Crippen LogP contribution in [0.15, 0.2) is 29.1 Å². The monoisotopic (exact) mass is 286 g/mol. The highest BCUT2D eigenvalue weighted by Gasteiger charge is 2.18. The molecule has 110 valence electrons. The number of benzene rings is 1. The first kappa shape index (κ1) is 13.6.